The summed E-state index contributed by atoms with van der Waals surface area (Å²) in [4.78, 5) is 0. The highest BCUT2D eigenvalue weighted by molar-refractivity contribution is 9.10. The molecule has 2 aromatic carbocycles. The second-order valence-corrected chi connectivity index (χ2v) is 8.03. The maximum absolute atomic E-state index is 5.89. The van der Waals surface area contributed by atoms with E-state index < -0.39 is 0 Å². The molecule has 2 aliphatic carbocycles. The topological polar surface area (TPSA) is 33.3 Å². The molecule has 2 fully saturated rings. The van der Waals surface area contributed by atoms with Crippen molar-refractivity contribution in [2.24, 2.45) is 0 Å². The van der Waals surface area contributed by atoms with E-state index in [0.717, 1.165) is 29.4 Å². The quantitative estimate of drug-likeness (QED) is 0.618. The van der Waals surface area contributed by atoms with Gasteiger partial charge in [-0.05, 0) is 54.7 Å². The number of rotatable bonds is 9. The molecule has 0 bridgehead atoms. The maximum Gasteiger partial charge on any atom is 0.119 e. The summed E-state index contributed by atoms with van der Waals surface area (Å²) in [5.74, 6) is 1.60. The van der Waals surface area contributed by atoms with Crippen molar-refractivity contribution in [3.05, 3.63) is 64.1 Å². The van der Waals surface area contributed by atoms with E-state index in [1.165, 1.54) is 30.4 Å². The summed E-state index contributed by atoms with van der Waals surface area (Å²) in [5.41, 5.74) is 2.59. The van der Waals surface area contributed by atoms with Crippen LogP contribution in [-0.2, 0) is 6.61 Å². The maximum atomic E-state index is 5.89. The van der Waals surface area contributed by atoms with Crippen molar-refractivity contribution in [1.29, 1.82) is 0 Å². The molecule has 25 heavy (non-hydrogen) atoms. The Hall–Kier alpha value is -1.36. The Morgan fingerprint density at radius 3 is 2.56 bits per heavy atom. The molecule has 2 saturated carbocycles. The van der Waals surface area contributed by atoms with E-state index in [1.54, 1.807) is 0 Å². The summed E-state index contributed by atoms with van der Waals surface area (Å²) in [6.45, 7) is 2.77. The van der Waals surface area contributed by atoms with Crippen molar-refractivity contribution in [1.82, 2.24) is 10.6 Å². The molecule has 2 atom stereocenters. The minimum absolute atomic E-state index is 0.598. The lowest BCUT2D eigenvalue weighted by Crippen LogP contribution is -2.30. The molecule has 1 unspecified atom stereocenters. The lowest BCUT2D eigenvalue weighted by molar-refractivity contribution is 0.306. The van der Waals surface area contributed by atoms with Gasteiger partial charge in [0.25, 0.3) is 0 Å². The summed E-state index contributed by atoms with van der Waals surface area (Å²) in [7, 11) is 0. The third-order valence-corrected chi connectivity index (χ3v) is 5.43. The number of hydrogen-bond acceptors (Lipinski definition) is 3. The first-order valence-electron chi connectivity index (χ1n) is 9.22. The lowest BCUT2D eigenvalue weighted by Gasteiger charge is -2.08. The minimum atomic E-state index is 0.598. The first kappa shape index (κ1) is 17.1. The minimum Gasteiger partial charge on any atom is -0.489 e. The van der Waals surface area contributed by atoms with Gasteiger partial charge >= 0.3 is 0 Å². The summed E-state index contributed by atoms with van der Waals surface area (Å²) >= 11 is 3.49. The van der Waals surface area contributed by atoms with Gasteiger partial charge in [0.1, 0.15) is 12.4 Å². The van der Waals surface area contributed by atoms with Gasteiger partial charge in [-0.1, -0.05) is 40.2 Å². The average molecular weight is 401 g/mol. The molecule has 0 radical (unpaired) electrons. The van der Waals surface area contributed by atoms with Gasteiger partial charge in [0.05, 0.1) is 0 Å². The van der Waals surface area contributed by atoms with Crippen molar-refractivity contribution in [3.63, 3.8) is 0 Å². The molecule has 4 rings (SSSR count). The summed E-state index contributed by atoms with van der Waals surface area (Å²) in [6.07, 6.45) is 3.98. The van der Waals surface area contributed by atoms with Crippen molar-refractivity contribution in [3.8, 4) is 5.75 Å². The normalized spacial score (nSPS) is 22.0. The second kappa shape index (κ2) is 7.90. The van der Waals surface area contributed by atoms with Crippen LogP contribution in [0.2, 0.25) is 0 Å². The van der Waals surface area contributed by atoms with Crippen LogP contribution in [0, 0.1) is 0 Å². The largest absolute Gasteiger partial charge is 0.489 e. The fourth-order valence-corrected chi connectivity index (χ4v) is 3.66. The molecule has 3 nitrogen and oxygen atoms in total. The first-order valence-corrected chi connectivity index (χ1v) is 10.0. The van der Waals surface area contributed by atoms with Gasteiger partial charge in [-0.2, -0.15) is 0 Å². The fraction of sp³-hybridized carbons (Fsp3) is 0.429. The van der Waals surface area contributed by atoms with Crippen LogP contribution in [0.3, 0.4) is 0 Å². The molecule has 2 aliphatic rings. The summed E-state index contributed by atoms with van der Waals surface area (Å²) < 4.78 is 6.98. The van der Waals surface area contributed by atoms with Crippen LogP contribution in [0.25, 0.3) is 0 Å². The molecule has 4 heteroatoms. The zero-order valence-corrected chi connectivity index (χ0v) is 16.0. The first-order chi connectivity index (χ1) is 12.3. The number of hydrogen-bond donors (Lipinski definition) is 2. The van der Waals surface area contributed by atoms with Gasteiger partial charge in [0.15, 0.2) is 0 Å². The lowest BCUT2D eigenvalue weighted by atomic mass is 10.1. The van der Waals surface area contributed by atoms with Crippen LogP contribution in [0.4, 0.5) is 0 Å². The Bertz CT molecular complexity index is 699. The van der Waals surface area contributed by atoms with Crippen molar-refractivity contribution < 1.29 is 4.74 Å². The Morgan fingerprint density at radius 2 is 1.80 bits per heavy atom. The Kier molecular flexibility index (Phi) is 5.39. The highest BCUT2D eigenvalue weighted by atomic mass is 79.9. The SMILES string of the molecule is Brc1cccc(COc2ccc(C3C[C@@H]3NCCNC3CC3)cc2)c1. The third kappa shape index (κ3) is 5.06. The highest BCUT2D eigenvalue weighted by Crippen LogP contribution is 2.41. The van der Waals surface area contributed by atoms with E-state index in [1.807, 2.05) is 12.1 Å². The van der Waals surface area contributed by atoms with Crippen LogP contribution in [0.1, 0.15) is 36.3 Å². The Morgan fingerprint density at radius 1 is 1.00 bits per heavy atom. The molecule has 0 amide bonds. The van der Waals surface area contributed by atoms with Crippen LogP contribution < -0.4 is 15.4 Å². The summed E-state index contributed by atoms with van der Waals surface area (Å²) in [6, 6.07) is 18.3. The van der Waals surface area contributed by atoms with E-state index in [-0.39, 0.29) is 0 Å². The molecule has 0 aromatic heterocycles. The van der Waals surface area contributed by atoms with Gasteiger partial charge in [0, 0.05) is 35.6 Å². The van der Waals surface area contributed by atoms with Gasteiger partial charge in [-0.25, -0.2) is 0 Å². The molecule has 0 saturated heterocycles. The number of halogens is 1. The molecule has 0 heterocycles. The smallest absolute Gasteiger partial charge is 0.119 e. The average Bonchev–Trinajstić information content (AvgIpc) is 3.53. The third-order valence-electron chi connectivity index (χ3n) is 4.94. The molecule has 2 N–H and O–H groups in total. The van der Waals surface area contributed by atoms with E-state index >= 15 is 0 Å². The predicted octanol–water partition coefficient (Wildman–Crippen LogP) is 4.23. The Labute approximate surface area is 158 Å². The van der Waals surface area contributed by atoms with E-state index in [2.05, 4.69) is 63.0 Å². The van der Waals surface area contributed by atoms with Gasteiger partial charge in [0.2, 0.25) is 0 Å². The van der Waals surface area contributed by atoms with Crippen LogP contribution in [0.15, 0.2) is 53.0 Å². The zero-order valence-electron chi connectivity index (χ0n) is 14.4. The van der Waals surface area contributed by atoms with Crippen molar-refractivity contribution in [2.45, 2.75) is 43.9 Å². The van der Waals surface area contributed by atoms with Crippen molar-refractivity contribution in [2.75, 3.05) is 13.1 Å². The Balaban J connectivity index is 1.20. The predicted molar refractivity (Wildman–Crippen MR) is 105 cm³/mol. The van der Waals surface area contributed by atoms with Gasteiger partial charge in [-0.15, -0.1) is 0 Å². The van der Waals surface area contributed by atoms with Crippen LogP contribution in [0.5, 0.6) is 5.75 Å². The zero-order chi connectivity index (χ0) is 17.1. The van der Waals surface area contributed by atoms with Crippen LogP contribution >= 0.6 is 15.9 Å². The molecule has 132 valence electrons. The molecular formula is C21H25BrN2O. The van der Waals surface area contributed by atoms with Gasteiger partial charge in [-0.3, -0.25) is 0 Å². The molecule has 0 spiro atoms. The number of ether oxygens (including phenoxy) is 1. The van der Waals surface area contributed by atoms with E-state index in [4.69, 9.17) is 4.74 Å². The monoisotopic (exact) mass is 400 g/mol. The fourth-order valence-electron chi connectivity index (χ4n) is 3.21. The molecule has 2 aromatic rings. The van der Waals surface area contributed by atoms with Crippen molar-refractivity contribution >= 4 is 15.9 Å². The number of nitrogens with one attached hydrogen (secondary N) is 2. The highest BCUT2D eigenvalue weighted by Gasteiger charge is 2.37. The van der Waals surface area contributed by atoms with Crippen LogP contribution in [-0.4, -0.2) is 25.2 Å². The van der Waals surface area contributed by atoms with E-state index in [0.29, 0.717) is 18.6 Å². The molecule has 0 aliphatic heterocycles. The van der Waals surface area contributed by atoms with E-state index in [9.17, 15) is 0 Å². The standard InChI is InChI=1S/C21H25BrN2O/c22-17-3-1-2-15(12-17)14-25-19-8-4-16(5-9-19)20-13-21(20)24-11-10-23-18-6-7-18/h1-5,8-9,12,18,20-21,23-24H,6-7,10-11,13-14H2/t20?,21-/m0/s1. The molecular weight excluding hydrogens is 376 g/mol. The van der Waals surface area contributed by atoms with Gasteiger partial charge < -0.3 is 15.4 Å². The number of benzene rings is 2. The summed E-state index contributed by atoms with van der Waals surface area (Å²) in [5, 5.41) is 7.21. The second-order valence-electron chi connectivity index (χ2n) is 7.12.